The van der Waals surface area contributed by atoms with E-state index in [1.165, 1.54) is 37.1 Å². The molecular weight excluding hydrogens is 656 g/mol. The molecule has 0 bridgehead atoms. The zero-order valence-corrected chi connectivity index (χ0v) is 32.1. The van der Waals surface area contributed by atoms with Gasteiger partial charge in [-0.2, -0.15) is 0 Å². The Hall–Kier alpha value is -2.34. The summed E-state index contributed by atoms with van der Waals surface area (Å²) in [6, 6.07) is 25.0. The van der Waals surface area contributed by atoms with Crippen molar-refractivity contribution in [3.8, 4) is 22.6 Å². The van der Waals surface area contributed by atoms with Crippen LogP contribution in [-0.2, 0) is 21.5 Å². The second kappa shape index (κ2) is 20.4. The molecule has 0 aliphatic heterocycles. The van der Waals surface area contributed by atoms with Crippen molar-refractivity contribution in [3.63, 3.8) is 0 Å². The van der Waals surface area contributed by atoms with E-state index in [4.69, 9.17) is 14.2 Å². The molecule has 0 aliphatic carbocycles. The second-order valence-electron chi connectivity index (χ2n) is 11.4. The summed E-state index contributed by atoms with van der Waals surface area (Å²) < 4.78 is 54.7. The van der Waals surface area contributed by atoms with Crippen molar-refractivity contribution in [1.82, 2.24) is 0 Å². The molecule has 1 N–H and O–H groups in total. The molecule has 4 rings (SSSR count). The largest absolute Gasteiger partial charge is 1.00 e. The first-order valence-corrected chi connectivity index (χ1v) is 18.5. The van der Waals surface area contributed by atoms with Gasteiger partial charge in [0.05, 0.1) is 25.2 Å². The molecule has 1 unspecified atom stereocenters. The molecule has 10 heteroatoms. The zero-order chi connectivity index (χ0) is 33.6. The van der Waals surface area contributed by atoms with Crippen LogP contribution in [0.3, 0.4) is 0 Å². The average molecular weight is 701 g/mol. The third-order valence-corrected chi connectivity index (χ3v) is 9.94. The fraction of sp³-hybridized carbons (Fsp3) is 0.368. The Labute approximate surface area is 312 Å². The summed E-state index contributed by atoms with van der Waals surface area (Å²) in [5.41, 5.74) is 3.13. The van der Waals surface area contributed by atoms with Gasteiger partial charge in [0.25, 0.3) is 0 Å². The van der Waals surface area contributed by atoms with Gasteiger partial charge in [0.2, 0.25) is 0 Å². The van der Waals surface area contributed by atoms with Crippen LogP contribution < -0.4 is 39.0 Å². The normalized spacial score (nSPS) is 11.9. The molecule has 48 heavy (non-hydrogen) atoms. The Morgan fingerprint density at radius 2 is 1.54 bits per heavy atom. The Morgan fingerprint density at radius 3 is 2.25 bits per heavy atom. The molecule has 0 fully saturated rings. The van der Waals surface area contributed by atoms with Gasteiger partial charge >= 0.3 is 29.6 Å². The molecule has 0 saturated heterocycles. The molecule has 252 valence electrons. The Balaban J connectivity index is 0.00000625. The van der Waals surface area contributed by atoms with Gasteiger partial charge in [0.15, 0.2) is 0 Å². The number of benzene rings is 4. The van der Waals surface area contributed by atoms with Crippen LogP contribution in [0.4, 0.5) is 0 Å². The quantitative estimate of drug-likeness (QED) is 0.0704. The van der Waals surface area contributed by atoms with Crippen LogP contribution in [0.25, 0.3) is 11.1 Å². The third kappa shape index (κ3) is 11.6. The van der Waals surface area contributed by atoms with Crippen LogP contribution in [-0.4, -0.2) is 38.4 Å². The first kappa shape index (κ1) is 40.1. The number of aliphatic hydroxyl groups excluding tert-OH is 1. The SMILES string of the molecule is CCCCCCCOCc1ccc(OC)c(C(O)c2ccccc2-c2ccc(Sc3ccc(OCCCC)cc3)c(S(=O)(=O)[O-])c2)c1.[Na+]. The predicted molar refractivity (Wildman–Crippen MR) is 186 cm³/mol. The van der Waals surface area contributed by atoms with E-state index in [-0.39, 0.29) is 34.5 Å². The minimum absolute atomic E-state index is 0. The van der Waals surface area contributed by atoms with Gasteiger partial charge < -0.3 is 23.9 Å². The van der Waals surface area contributed by atoms with Crippen molar-refractivity contribution in [1.29, 1.82) is 0 Å². The van der Waals surface area contributed by atoms with Gasteiger partial charge in [-0.05, 0) is 83.6 Å². The molecule has 4 aromatic rings. The number of aliphatic hydroxyl groups is 1. The molecule has 0 aliphatic rings. The van der Waals surface area contributed by atoms with E-state index in [1.807, 2.05) is 54.6 Å². The van der Waals surface area contributed by atoms with E-state index in [9.17, 15) is 18.1 Å². The fourth-order valence-electron chi connectivity index (χ4n) is 5.27. The summed E-state index contributed by atoms with van der Waals surface area (Å²) in [7, 11) is -3.26. The maximum Gasteiger partial charge on any atom is 1.00 e. The summed E-state index contributed by atoms with van der Waals surface area (Å²) in [5.74, 6) is 1.25. The van der Waals surface area contributed by atoms with Crippen LogP contribution in [0.2, 0.25) is 0 Å². The first-order valence-electron chi connectivity index (χ1n) is 16.3. The van der Waals surface area contributed by atoms with Gasteiger partial charge in [-0.3, -0.25) is 0 Å². The molecule has 0 amide bonds. The van der Waals surface area contributed by atoms with Gasteiger partial charge in [-0.15, -0.1) is 0 Å². The van der Waals surface area contributed by atoms with E-state index >= 15 is 0 Å². The number of rotatable bonds is 19. The Morgan fingerprint density at radius 1 is 0.812 bits per heavy atom. The standard InChI is InChI=1S/C38H46O7S2.Na/c1-4-6-8-9-12-23-44-27-28-15-21-35(43-3)34(25-28)38(39)33-14-11-10-13-32(33)29-16-22-36(37(26-29)47(40,41)42)46-31-19-17-30(18-20-31)45-24-7-5-2;/h10-11,13-22,25-26,38-39H,4-9,12,23-24,27H2,1-3H3,(H,40,41,42);/q;+1/p-1. The van der Waals surface area contributed by atoms with Crippen molar-refractivity contribution >= 4 is 21.9 Å². The van der Waals surface area contributed by atoms with Crippen molar-refractivity contribution in [2.75, 3.05) is 20.3 Å². The predicted octanol–water partition coefficient (Wildman–Crippen LogP) is 6.17. The molecule has 0 aromatic heterocycles. The van der Waals surface area contributed by atoms with Crippen molar-refractivity contribution in [2.24, 2.45) is 0 Å². The van der Waals surface area contributed by atoms with Crippen molar-refractivity contribution in [3.05, 3.63) is 102 Å². The summed E-state index contributed by atoms with van der Waals surface area (Å²) >= 11 is 1.20. The summed E-state index contributed by atoms with van der Waals surface area (Å²) in [4.78, 5) is 0.772. The topological polar surface area (TPSA) is 105 Å². The first-order chi connectivity index (χ1) is 22.7. The Kier molecular flexibility index (Phi) is 17.0. The third-order valence-electron chi connectivity index (χ3n) is 7.85. The van der Waals surface area contributed by atoms with Crippen LogP contribution >= 0.6 is 11.8 Å². The minimum atomic E-state index is -4.82. The average Bonchev–Trinajstić information content (AvgIpc) is 3.08. The molecule has 0 spiro atoms. The number of methoxy groups -OCH3 is 1. The van der Waals surface area contributed by atoms with Gasteiger partial charge in [0.1, 0.15) is 27.7 Å². The summed E-state index contributed by atoms with van der Waals surface area (Å²) in [6.45, 7) is 6.01. The summed E-state index contributed by atoms with van der Waals surface area (Å²) in [6.07, 6.45) is 6.72. The van der Waals surface area contributed by atoms with E-state index in [1.54, 1.807) is 31.4 Å². The summed E-state index contributed by atoms with van der Waals surface area (Å²) in [5, 5.41) is 11.7. The minimum Gasteiger partial charge on any atom is -0.744 e. The van der Waals surface area contributed by atoms with Gasteiger partial charge in [0, 0.05) is 22.0 Å². The number of hydrogen-bond acceptors (Lipinski definition) is 8. The van der Waals surface area contributed by atoms with E-state index in [0.29, 0.717) is 52.7 Å². The van der Waals surface area contributed by atoms with E-state index in [2.05, 4.69) is 13.8 Å². The number of unbranched alkanes of at least 4 members (excludes halogenated alkanes) is 5. The van der Waals surface area contributed by atoms with Crippen LogP contribution in [0.15, 0.2) is 99.6 Å². The smallest absolute Gasteiger partial charge is 0.744 e. The van der Waals surface area contributed by atoms with Crippen LogP contribution in [0, 0.1) is 0 Å². The maximum atomic E-state index is 12.5. The van der Waals surface area contributed by atoms with Gasteiger partial charge in [-0.1, -0.05) is 94.1 Å². The fourth-order valence-corrected chi connectivity index (χ4v) is 7.11. The maximum absolute atomic E-state index is 12.5. The van der Waals surface area contributed by atoms with Crippen molar-refractivity contribution in [2.45, 2.75) is 86.2 Å². The van der Waals surface area contributed by atoms with Gasteiger partial charge in [-0.25, -0.2) is 8.42 Å². The van der Waals surface area contributed by atoms with Crippen LogP contribution in [0.5, 0.6) is 11.5 Å². The molecule has 0 radical (unpaired) electrons. The number of ether oxygens (including phenoxy) is 3. The number of hydrogen-bond donors (Lipinski definition) is 1. The van der Waals surface area contributed by atoms with E-state index < -0.39 is 16.2 Å². The molecule has 4 aromatic carbocycles. The Bertz CT molecular complexity index is 1680. The molecule has 1 atom stereocenters. The molecule has 0 saturated carbocycles. The van der Waals surface area contributed by atoms with E-state index in [0.717, 1.165) is 41.9 Å². The zero-order valence-electron chi connectivity index (χ0n) is 28.4. The molecular formula is C38H45NaO7S2. The van der Waals surface area contributed by atoms with Crippen LogP contribution in [0.1, 0.15) is 81.6 Å². The monoisotopic (exact) mass is 700 g/mol. The molecule has 7 nitrogen and oxygen atoms in total. The van der Waals surface area contributed by atoms with Crippen molar-refractivity contribution < 1.29 is 61.8 Å². The second-order valence-corrected chi connectivity index (χ2v) is 13.9. The molecule has 0 heterocycles.